The smallest absolute Gasteiger partial charge is 0.312 e. The predicted octanol–water partition coefficient (Wildman–Crippen LogP) is 3.80. The van der Waals surface area contributed by atoms with Crippen LogP contribution in [0.3, 0.4) is 0 Å². The highest BCUT2D eigenvalue weighted by Gasteiger charge is 2.25. The van der Waals surface area contributed by atoms with Gasteiger partial charge in [0.05, 0.1) is 6.42 Å². The maximum atomic E-state index is 11.9. The summed E-state index contributed by atoms with van der Waals surface area (Å²) >= 11 is 3.37. The predicted molar refractivity (Wildman–Crippen MR) is 61.3 cm³/mol. The molecule has 0 saturated carbocycles. The summed E-state index contributed by atoms with van der Waals surface area (Å²) in [6, 6.07) is 5.73. The zero-order valence-corrected chi connectivity index (χ0v) is 10.5. The van der Waals surface area contributed by atoms with Gasteiger partial charge in [-0.2, -0.15) is 13.2 Å². The molecule has 1 nitrogen and oxygen atoms in total. The Morgan fingerprint density at radius 2 is 2.00 bits per heavy atom. The third-order valence-electron chi connectivity index (χ3n) is 2.14. The molecule has 0 unspecified atom stereocenters. The molecule has 0 bridgehead atoms. The van der Waals surface area contributed by atoms with E-state index in [2.05, 4.69) is 21.2 Å². The Labute approximate surface area is 101 Å². The Hall–Kier alpha value is -0.550. The molecule has 1 N–H and O–H groups in total. The molecular formula is C11H13BrF3N. The van der Waals surface area contributed by atoms with E-state index in [9.17, 15) is 13.2 Å². The summed E-state index contributed by atoms with van der Waals surface area (Å²) in [4.78, 5) is 0. The highest BCUT2D eigenvalue weighted by molar-refractivity contribution is 9.10. The van der Waals surface area contributed by atoms with Crippen LogP contribution in [0.5, 0.6) is 0 Å². The number of aryl methyl sites for hydroxylation is 1. The largest absolute Gasteiger partial charge is 0.390 e. The highest BCUT2D eigenvalue weighted by Crippen LogP contribution is 2.19. The van der Waals surface area contributed by atoms with E-state index >= 15 is 0 Å². The Balaban J connectivity index is 2.35. The van der Waals surface area contributed by atoms with Crippen molar-refractivity contribution in [3.05, 3.63) is 33.8 Å². The second-order valence-electron chi connectivity index (χ2n) is 3.63. The third-order valence-corrected chi connectivity index (χ3v) is 3.03. The van der Waals surface area contributed by atoms with Gasteiger partial charge in [0, 0.05) is 17.6 Å². The topological polar surface area (TPSA) is 12.0 Å². The molecule has 0 aliphatic heterocycles. The average molecular weight is 296 g/mol. The van der Waals surface area contributed by atoms with Gasteiger partial charge in [-0.3, -0.25) is 0 Å². The van der Waals surface area contributed by atoms with Crippen molar-refractivity contribution in [2.24, 2.45) is 0 Å². The molecule has 0 amide bonds. The maximum Gasteiger partial charge on any atom is 0.390 e. The lowest BCUT2D eigenvalue weighted by Crippen LogP contribution is -2.21. The van der Waals surface area contributed by atoms with Crippen molar-refractivity contribution in [3.8, 4) is 0 Å². The van der Waals surface area contributed by atoms with Crippen molar-refractivity contribution in [1.82, 2.24) is 5.32 Å². The molecule has 16 heavy (non-hydrogen) atoms. The van der Waals surface area contributed by atoms with Crippen LogP contribution >= 0.6 is 15.9 Å². The minimum atomic E-state index is -4.08. The van der Waals surface area contributed by atoms with Crippen molar-refractivity contribution in [3.63, 3.8) is 0 Å². The Morgan fingerprint density at radius 1 is 1.31 bits per heavy atom. The number of hydrogen-bond donors (Lipinski definition) is 1. The first-order chi connectivity index (χ1) is 7.38. The van der Waals surface area contributed by atoms with Gasteiger partial charge in [0.25, 0.3) is 0 Å². The normalized spacial score (nSPS) is 11.8. The second-order valence-corrected chi connectivity index (χ2v) is 4.48. The Kier molecular flexibility index (Phi) is 4.80. The van der Waals surface area contributed by atoms with Crippen molar-refractivity contribution in [2.45, 2.75) is 26.1 Å². The SMILES string of the molecule is Cc1cc(CNCCC(F)(F)F)ccc1Br. The van der Waals surface area contributed by atoms with Crippen LogP contribution in [0.1, 0.15) is 17.5 Å². The summed E-state index contributed by atoms with van der Waals surface area (Å²) < 4.78 is 36.6. The van der Waals surface area contributed by atoms with Gasteiger partial charge in [0.15, 0.2) is 0 Å². The van der Waals surface area contributed by atoms with Crippen LogP contribution in [0, 0.1) is 6.92 Å². The van der Waals surface area contributed by atoms with Gasteiger partial charge >= 0.3 is 6.18 Å². The zero-order chi connectivity index (χ0) is 12.2. The summed E-state index contributed by atoms with van der Waals surface area (Å²) in [7, 11) is 0. The van der Waals surface area contributed by atoms with E-state index in [1.807, 2.05) is 25.1 Å². The van der Waals surface area contributed by atoms with Crippen LogP contribution in [0.2, 0.25) is 0 Å². The van der Waals surface area contributed by atoms with Crippen LogP contribution in [0.25, 0.3) is 0 Å². The Bertz CT molecular complexity index is 350. The van der Waals surface area contributed by atoms with E-state index in [-0.39, 0.29) is 6.54 Å². The van der Waals surface area contributed by atoms with Crippen molar-refractivity contribution >= 4 is 15.9 Å². The molecule has 1 aromatic carbocycles. The molecule has 0 radical (unpaired) electrons. The van der Waals surface area contributed by atoms with E-state index in [0.717, 1.165) is 15.6 Å². The lowest BCUT2D eigenvalue weighted by molar-refractivity contribution is -0.133. The van der Waals surface area contributed by atoms with E-state index < -0.39 is 12.6 Å². The molecule has 0 saturated heterocycles. The first kappa shape index (κ1) is 13.5. The van der Waals surface area contributed by atoms with Gasteiger partial charge in [-0.05, 0) is 24.1 Å². The highest BCUT2D eigenvalue weighted by atomic mass is 79.9. The summed E-state index contributed by atoms with van der Waals surface area (Å²) in [5.41, 5.74) is 2.07. The molecule has 0 aliphatic rings. The van der Waals surface area contributed by atoms with Crippen LogP contribution in [-0.2, 0) is 6.54 Å². The lowest BCUT2D eigenvalue weighted by atomic mass is 10.1. The van der Waals surface area contributed by atoms with Crippen molar-refractivity contribution < 1.29 is 13.2 Å². The van der Waals surface area contributed by atoms with E-state index in [1.165, 1.54) is 0 Å². The van der Waals surface area contributed by atoms with E-state index in [0.29, 0.717) is 6.54 Å². The molecule has 0 fully saturated rings. The van der Waals surface area contributed by atoms with Gasteiger partial charge < -0.3 is 5.32 Å². The van der Waals surface area contributed by atoms with Gasteiger partial charge in [-0.1, -0.05) is 28.1 Å². The average Bonchev–Trinajstić information content (AvgIpc) is 2.17. The number of rotatable bonds is 4. The summed E-state index contributed by atoms with van der Waals surface area (Å²) in [6.45, 7) is 2.37. The minimum Gasteiger partial charge on any atom is -0.312 e. The van der Waals surface area contributed by atoms with Gasteiger partial charge in [-0.15, -0.1) is 0 Å². The first-order valence-electron chi connectivity index (χ1n) is 4.91. The molecule has 0 spiro atoms. The summed E-state index contributed by atoms with van der Waals surface area (Å²) in [6.07, 6.45) is -4.87. The fourth-order valence-corrected chi connectivity index (χ4v) is 1.53. The monoisotopic (exact) mass is 295 g/mol. The van der Waals surface area contributed by atoms with Gasteiger partial charge in [-0.25, -0.2) is 0 Å². The van der Waals surface area contributed by atoms with Gasteiger partial charge in [0.1, 0.15) is 0 Å². The number of benzene rings is 1. The van der Waals surface area contributed by atoms with E-state index in [4.69, 9.17) is 0 Å². The number of hydrogen-bond acceptors (Lipinski definition) is 1. The lowest BCUT2D eigenvalue weighted by Gasteiger charge is -2.08. The number of alkyl halides is 3. The molecule has 5 heteroatoms. The van der Waals surface area contributed by atoms with Crippen molar-refractivity contribution in [1.29, 1.82) is 0 Å². The zero-order valence-electron chi connectivity index (χ0n) is 8.87. The van der Waals surface area contributed by atoms with Crippen LogP contribution < -0.4 is 5.32 Å². The molecule has 1 rings (SSSR count). The van der Waals surface area contributed by atoms with Gasteiger partial charge in [0.2, 0.25) is 0 Å². The molecular weight excluding hydrogens is 283 g/mol. The molecule has 0 heterocycles. The van der Waals surface area contributed by atoms with E-state index in [1.54, 1.807) is 0 Å². The van der Waals surface area contributed by atoms with Crippen LogP contribution in [0.4, 0.5) is 13.2 Å². The number of halogens is 4. The molecule has 0 aliphatic carbocycles. The maximum absolute atomic E-state index is 11.9. The molecule has 0 atom stereocenters. The second kappa shape index (κ2) is 5.68. The van der Waals surface area contributed by atoms with Crippen molar-refractivity contribution in [2.75, 3.05) is 6.54 Å². The minimum absolute atomic E-state index is 0.0430. The Morgan fingerprint density at radius 3 is 2.56 bits per heavy atom. The fraction of sp³-hybridized carbons (Fsp3) is 0.455. The molecule has 1 aromatic rings. The summed E-state index contributed by atoms with van der Waals surface area (Å²) in [5.74, 6) is 0. The third kappa shape index (κ3) is 4.99. The number of nitrogens with one attached hydrogen (secondary N) is 1. The fourth-order valence-electron chi connectivity index (χ4n) is 1.28. The summed E-state index contributed by atoms with van der Waals surface area (Å²) in [5, 5.41) is 2.77. The van der Waals surface area contributed by atoms with Crippen LogP contribution in [-0.4, -0.2) is 12.7 Å². The quantitative estimate of drug-likeness (QED) is 0.833. The standard InChI is InChI=1S/C11H13BrF3N/c1-8-6-9(2-3-10(8)12)7-16-5-4-11(13,14)15/h2-3,6,16H,4-5,7H2,1H3. The molecule has 0 aromatic heterocycles. The molecule has 90 valence electrons. The van der Waals surface area contributed by atoms with Crippen LogP contribution in [0.15, 0.2) is 22.7 Å². The first-order valence-corrected chi connectivity index (χ1v) is 5.70.